The van der Waals surface area contributed by atoms with Gasteiger partial charge in [-0.2, -0.15) is 4.31 Å². The second kappa shape index (κ2) is 16.5. The van der Waals surface area contributed by atoms with E-state index >= 15 is 0 Å². The Balaban J connectivity index is 1.23. The fraction of sp³-hybridized carbons (Fsp3) is 0.632. The Labute approximate surface area is 314 Å². The summed E-state index contributed by atoms with van der Waals surface area (Å²) >= 11 is 1.39. The molecule has 3 aliphatic rings. The fourth-order valence-corrected chi connectivity index (χ4v) is 10.5. The molecule has 292 valence electrons. The van der Waals surface area contributed by atoms with Crippen molar-refractivity contribution in [1.29, 1.82) is 0 Å². The summed E-state index contributed by atoms with van der Waals surface area (Å²) in [4.78, 5) is 18.4. The highest BCUT2D eigenvalue weighted by Crippen LogP contribution is 2.42. The van der Waals surface area contributed by atoms with E-state index in [0.29, 0.717) is 29.3 Å². The maximum atomic E-state index is 14.3. The van der Waals surface area contributed by atoms with Gasteiger partial charge < -0.3 is 30.0 Å². The van der Waals surface area contributed by atoms with Gasteiger partial charge in [-0.1, -0.05) is 46.0 Å². The van der Waals surface area contributed by atoms with E-state index in [1.54, 1.807) is 12.1 Å². The highest BCUT2D eigenvalue weighted by atomic mass is 32.2. The first-order valence-corrected chi connectivity index (χ1v) is 20.9. The van der Waals surface area contributed by atoms with Crippen LogP contribution in [0.1, 0.15) is 72.3 Å². The zero-order valence-corrected chi connectivity index (χ0v) is 32.7. The molecule has 2 aliphatic heterocycles. The minimum Gasteiger partial charge on any atom is -0.459 e. The maximum Gasteiger partial charge on any atom is 0.306 e. The van der Waals surface area contributed by atoms with Crippen molar-refractivity contribution in [3.05, 3.63) is 53.6 Å². The molecule has 2 saturated heterocycles. The number of halogens is 2. The molecule has 1 aromatic heterocycles. The SMILES string of the molecule is CC[C@]1(NC(C)C)CCO[C@H]2OC[C@@H](OC(=O)C[C@@H](Cc3cc(F)cc(F)c3)[C@H](O)CN(CC(C)C)S(=O)(=O)c3ccc4nc(NC5CC5)sc4c3)[C@H]21. The largest absolute Gasteiger partial charge is 0.459 e. The van der Waals surface area contributed by atoms with Crippen LogP contribution in [-0.4, -0.2) is 91.2 Å². The van der Waals surface area contributed by atoms with Crippen molar-refractivity contribution < 1.29 is 41.3 Å². The first kappa shape index (κ1) is 39.9. The van der Waals surface area contributed by atoms with E-state index in [-0.39, 0.29) is 66.4 Å². The molecule has 3 aromatic rings. The number of aromatic nitrogens is 1. The number of hydrogen-bond acceptors (Lipinski definition) is 11. The number of nitrogens with zero attached hydrogens (tertiary/aromatic N) is 2. The zero-order chi connectivity index (χ0) is 38.1. The lowest BCUT2D eigenvalue weighted by Crippen LogP contribution is -2.62. The minimum atomic E-state index is -4.13. The molecule has 15 heteroatoms. The normalized spacial score (nSPS) is 24.5. The third-order valence-electron chi connectivity index (χ3n) is 10.3. The van der Waals surface area contributed by atoms with E-state index in [2.05, 4.69) is 36.4 Å². The predicted octanol–water partition coefficient (Wildman–Crippen LogP) is 5.86. The first-order chi connectivity index (χ1) is 25.1. The summed E-state index contributed by atoms with van der Waals surface area (Å²) in [5, 5.41) is 19.6. The van der Waals surface area contributed by atoms with Gasteiger partial charge in [-0.05, 0) is 73.9 Å². The molecule has 0 unspecified atom stereocenters. The van der Waals surface area contributed by atoms with Crippen molar-refractivity contribution in [1.82, 2.24) is 14.6 Å². The van der Waals surface area contributed by atoms with Crippen molar-refractivity contribution in [3.63, 3.8) is 0 Å². The van der Waals surface area contributed by atoms with Crippen molar-refractivity contribution in [2.24, 2.45) is 17.8 Å². The van der Waals surface area contributed by atoms with Crippen LogP contribution in [-0.2, 0) is 35.4 Å². The van der Waals surface area contributed by atoms with E-state index < -0.39 is 52.0 Å². The minimum absolute atomic E-state index is 0.0579. The first-order valence-electron chi connectivity index (χ1n) is 18.7. The number of aliphatic hydroxyl groups is 1. The number of ether oxygens (including phenoxy) is 3. The summed E-state index contributed by atoms with van der Waals surface area (Å²) in [6.07, 6.45) is 0.608. The molecule has 1 aliphatic carbocycles. The lowest BCUT2D eigenvalue weighted by Gasteiger charge is -2.47. The van der Waals surface area contributed by atoms with E-state index in [9.17, 15) is 27.1 Å². The molecule has 2 aromatic carbocycles. The smallest absolute Gasteiger partial charge is 0.306 e. The Kier molecular flexibility index (Phi) is 12.4. The van der Waals surface area contributed by atoms with Gasteiger partial charge in [0.05, 0.1) is 46.8 Å². The zero-order valence-electron chi connectivity index (χ0n) is 31.0. The molecule has 1 saturated carbocycles. The Morgan fingerprint density at radius 1 is 1.11 bits per heavy atom. The molecular formula is C38H52F2N4O7S2. The molecule has 11 nitrogen and oxygen atoms in total. The van der Waals surface area contributed by atoms with Gasteiger partial charge in [-0.25, -0.2) is 22.2 Å². The maximum absolute atomic E-state index is 14.3. The van der Waals surface area contributed by atoms with Crippen LogP contribution in [0.5, 0.6) is 0 Å². The Hall–Kier alpha value is -2.79. The van der Waals surface area contributed by atoms with Crippen LogP contribution in [0, 0.1) is 29.4 Å². The summed E-state index contributed by atoms with van der Waals surface area (Å²) in [5.41, 5.74) is 0.517. The van der Waals surface area contributed by atoms with Gasteiger partial charge in [0.2, 0.25) is 10.0 Å². The number of nitrogens with one attached hydrogen (secondary N) is 2. The Morgan fingerprint density at radius 3 is 2.51 bits per heavy atom. The number of anilines is 1. The van der Waals surface area contributed by atoms with Crippen molar-refractivity contribution in [2.45, 2.75) is 114 Å². The summed E-state index contributed by atoms with van der Waals surface area (Å²) in [6.45, 7) is 10.3. The number of carbonyl (C=O) groups is 1. The third kappa shape index (κ3) is 9.54. The number of sulfonamides is 1. The lowest BCUT2D eigenvalue weighted by atomic mass is 9.74. The highest BCUT2D eigenvalue weighted by molar-refractivity contribution is 7.89. The summed E-state index contributed by atoms with van der Waals surface area (Å²) in [7, 11) is -4.13. The number of rotatable bonds is 17. The van der Waals surface area contributed by atoms with Crippen LogP contribution in [0.4, 0.5) is 13.9 Å². The van der Waals surface area contributed by atoms with Crippen LogP contribution in [0.15, 0.2) is 41.3 Å². The fourth-order valence-electron chi connectivity index (χ4n) is 7.75. The number of aliphatic hydroxyl groups excluding tert-OH is 1. The monoisotopic (exact) mass is 778 g/mol. The predicted molar refractivity (Wildman–Crippen MR) is 199 cm³/mol. The lowest BCUT2D eigenvalue weighted by molar-refractivity contribution is -0.184. The third-order valence-corrected chi connectivity index (χ3v) is 13.1. The molecule has 53 heavy (non-hydrogen) atoms. The number of thiazole rings is 1. The molecule has 0 spiro atoms. The second-order valence-electron chi connectivity index (χ2n) is 15.5. The van der Waals surface area contributed by atoms with Gasteiger partial charge in [0.1, 0.15) is 17.7 Å². The van der Waals surface area contributed by atoms with Crippen molar-refractivity contribution >= 4 is 42.7 Å². The number of fused-ring (bicyclic) bond motifs is 2. The van der Waals surface area contributed by atoms with Gasteiger partial charge in [0.25, 0.3) is 0 Å². The molecule has 0 bridgehead atoms. The van der Waals surface area contributed by atoms with E-state index in [0.717, 1.165) is 42.6 Å². The van der Waals surface area contributed by atoms with Gasteiger partial charge in [0, 0.05) is 42.7 Å². The molecule has 6 atom stereocenters. The van der Waals surface area contributed by atoms with Crippen LogP contribution >= 0.6 is 11.3 Å². The quantitative estimate of drug-likeness (QED) is 0.143. The van der Waals surface area contributed by atoms with E-state index in [1.807, 2.05) is 13.8 Å². The van der Waals surface area contributed by atoms with Gasteiger partial charge in [-0.15, -0.1) is 0 Å². The molecule has 3 fully saturated rings. The standard InChI is InChI=1S/C38H52F2N4O7S2/c1-6-38(43-23(4)5)11-12-49-36-35(38)32(21-50-36)51-34(46)16-25(13-24-14-26(39)17-27(40)15-24)31(45)20-44(19-22(2)3)53(47,48)29-9-10-30-33(18-29)52-37(42-30)41-28-7-8-28/h9-10,14-15,17-18,22-23,25,28,31-32,35-36,43,45H,6-8,11-13,16,19-21H2,1-5H3,(H,41,42)/t25-,31-,32-,35-,36+,38+/m1/s1. The van der Waals surface area contributed by atoms with Crippen LogP contribution < -0.4 is 10.6 Å². The van der Waals surface area contributed by atoms with Gasteiger partial charge in [0.15, 0.2) is 11.4 Å². The molecule has 0 amide bonds. The second-order valence-corrected chi connectivity index (χ2v) is 18.5. The highest BCUT2D eigenvalue weighted by Gasteiger charge is 2.55. The van der Waals surface area contributed by atoms with Crippen molar-refractivity contribution in [2.75, 3.05) is 31.6 Å². The van der Waals surface area contributed by atoms with Crippen LogP contribution in [0.25, 0.3) is 10.2 Å². The number of carbonyl (C=O) groups excluding carboxylic acids is 1. The number of hydrogen-bond donors (Lipinski definition) is 3. The Morgan fingerprint density at radius 2 is 1.85 bits per heavy atom. The van der Waals surface area contributed by atoms with E-state index in [1.165, 1.54) is 21.7 Å². The molecular weight excluding hydrogens is 727 g/mol. The number of esters is 1. The average molecular weight is 779 g/mol. The van der Waals surface area contributed by atoms with Gasteiger partial charge in [-0.3, -0.25) is 4.79 Å². The van der Waals surface area contributed by atoms with E-state index in [4.69, 9.17) is 14.2 Å². The van der Waals surface area contributed by atoms with Gasteiger partial charge >= 0.3 is 5.97 Å². The number of benzene rings is 2. The molecule has 0 radical (unpaired) electrons. The topological polar surface area (TPSA) is 139 Å². The average Bonchev–Trinajstić information content (AvgIpc) is 3.65. The summed E-state index contributed by atoms with van der Waals surface area (Å²) < 4.78 is 77.0. The summed E-state index contributed by atoms with van der Waals surface area (Å²) in [5.74, 6) is -3.56. The Bertz CT molecular complexity index is 1840. The van der Waals surface area contributed by atoms with Crippen molar-refractivity contribution in [3.8, 4) is 0 Å². The molecule has 6 rings (SSSR count). The molecule has 3 N–H and O–H groups in total. The summed E-state index contributed by atoms with van der Waals surface area (Å²) in [6, 6.07) is 8.39. The van der Waals surface area contributed by atoms with Crippen LogP contribution in [0.2, 0.25) is 0 Å². The van der Waals surface area contributed by atoms with Crippen LogP contribution in [0.3, 0.4) is 0 Å². The molecule has 3 heterocycles.